The molecule has 1 saturated heterocycles. The number of rotatable bonds is 3. The Morgan fingerprint density at radius 2 is 1.96 bits per heavy atom. The Kier molecular flexibility index (Phi) is 5.01. The molecule has 2 aliphatic heterocycles. The summed E-state index contributed by atoms with van der Waals surface area (Å²) in [4.78, 5) is 26.7. The first-order valence-electron chi connectivity index (χ1n) is 7.45. The highest BCUT2D eigenvalue weighted by Gasteiger charge is 2.34. The Labute approximate surface area is 143 Å². The van der Waals surface area contributed by atoms with E-state index in [1.54, 1.807) is 12.1 Å². The third-order valence-corrected chi connectivity index (χ3v) is 4.93. The standard InChI is InChI=1S/C17H16FNO4S/c1-22-14(20)10-13-16(21)15(11-2-4-12(18)5-3-11)17(24-13)19-6-8-23-9-7-19/h2-5,10H,6-9H2,1H3. The first-order valence-corrected chi connectivity index (χ1v) is 8.27. The van der Waals surface area contributed by atoms with Gasteiger partial charge in [-0.1, -0.05) is 23.9 Å². The van der Waals surface area contributed by atoms with E-state index in [2.05, 4.69) is 9.64 Å². The average Bonchev–Trinajstić information content (AvgIpc) is 2.93. The van der Waals surface area contributed by atoms with E-state index in [4.69, 9.17) is 4.74 Å². The van der Waals surface area contributed by atoms with E-state index in [1.165, 1.54) is 37.1 Å². The van der Waals surface area contributed by atoms with Crippen LogP contribution in [-0.2, 0) is 19.1 Å². The molecule has 5 nitrogen and oxygen atoms in total. The van der Waals surface area contributed by atoms with Crippen LogP contribution < -0.4 is 0 Å². The third-order valence-electron chi connectivity index (χ3n) is 3.75. The lowest BCUT2D eigenvalue weighted by atomic mass is 10.0. The molecule has 126 valence electrons. The fourth-order valence-electron chi connectivity index (χ4n) is 2.54. The molecule has 0 saturated carbocycles. The van der Waals surface area contributed by atoms with Gasteiger partial charge in [0, 0.05) is 19.2 Å². The number of morpholine rings is 1. The second-order valence-electron chi connectivity index (χ2n) is 5.25. The summed E-state index contributed by atoms with van der Waals surface area (Å²) in [5.74, 6) is -1.19. The molecular formula is C17H16FNO4S. The van der Waals surface area contributed by atoms with Gasteiger partial charge in [0.1, 0.15) is 5.82 Å². The van der Waals surface area contributed by atoms with Crippen molar-refractivity contribution < 1.29 is 23.5 Å². The molecule has 0 aliphatic carbocycles. The molecule has 1 aromatic carbocycles. The second-order valence-corrected chi connectivity index (χ2v) is 6.28. The van der Waals surface area contributed by atoms with Crippen molar-refractivity contribution in [2.24, 2.45) is 0 Å². The van der Waals surface area contributed by atoms with Crippen molar-refractivity contribution in [3.05, 3.63) is 51.7 Å². The molecule has 0 atom stereocenters. The second kappa shape index (κ2) is 7.19. The zero-order valence-electron chi connectivity index (χ0n) is 13.1. The first kappa shape index (κ1) is 16.7. The van der Waals surface area contributed by atoms with E-state index in [-0.39, 0.29) is 11.6 Å². The number of carbonyl (C=O) groups excluding carboxylic acids is 2. The molecule has 0 bridgehead atoms. The number of halogens is 1. The lowest BCUT2D eigenvalue weighted by Gasteiger charge is -2.29. The van der Waals surface area contributed by atoms with Gasteiger partial charge in [-0.05, 0) is 17.7 Å². The molecule has 2 aliphatic rings. The Morgan fingerprint density at radius 1 is 1.29 bits per heavy atom. The molecule has 0 radical (unpaired) electrons. The van der Waals surface area contributed by atoms with Gasteiger partial charge in [0.2, 0.25) is 5.78 Å². The van der Waals surface area contributed by atoms with Gasteiger partial charge < -0.3 is 14.4 Å². The van der Waals surface area contributed by atoms with E-state index in [0.717, 1.165) is 5.03 Å². The number of hydrogen-bond donors (Lipinski definition) is 0. The van der Waals surface area contributed by atoms with Crippen LogP contribution in [0.1, 0.15) is 5.56 Å². The summed E-state index contributed by atoms with van der Waals surface area (Å²) in [5, 5.41) is 0.769. The number of ether oxygens (including phenoxy) is 2. The van der Waals surface area contributed by atoms with Crippen LogP contribution in [0.15, 0.2) is 40.3 Å². The molecular weight excluding hydrogens is 333 g/mol. The first-order chi connectivity index (χ1) is 11.6. The molecule has 0 N–H and O–H groups in total. The quantitative estimate of drug-likeness (QED) is 0.616. The number of carbonyl (C=O) groups is 2. The maximum atomic E-state index is 13.2. The van der Waals surface area contributed by atoms with E-state index in [1.807, 2.05) is 0 Å². The summed E-state index contributed by atoms with van der Waals surface area (Å²) < 4.78 is 23.2. The summed E-state index contributed by atoms with van der Waals surface area (Å²) in [6.07, 6.45) is 1.20. The van der Waals surface area contributed by atoms with Gasteiger partial charge >= 0.3 is 5.97 Å². The van der Waals surface area contributed by atoms with Crippen LogP contribution in [0.5, 0.6) is 0 Å². The van der Waals surface area contributed by atoms with Gasteiger partial charge in [-0.15, -0.1) is 0 Å². The van der Waals surface area contributed by atoms with Crippen LogP contribution in [0.4, 0.5) is 4.39 Å². The van der Waals surface area contributed by atoms with Crippen LogP contribution in [0.2, 0.25) is 0 Å². The third kappa shape index (κ3) is 3.37. The lowest BCUT2D eigenvalue weighted by molar-refractivity contribution is -0.135. The Hall–Kier alpha value is -2.12. The van der Waals surface area contributed by atoms with Crippen LogP contribution in [-0.4, -0.2) is 50.1 Å². The molecule has 3 rings (SSSR count). The highest BCUT2D eigenvalue weighted by Crippen LogP contribution is 2.44. The van der Waals surface area contributed by atoms with Crippen LogP contribution in [0, 0.1) is 5.82 Å². The predicted molar refractivity (Wildman–Crippen MR) is 88.4 cm³/mol. The fraction of sp³-hybridized carbons (Fsp3) is 0.294. The van der Waals surface area contributed by atoms with E-state index in [9.17, 15) is 14.0 Å². The molecule has 1 fully saturated rings. The normalized spacial score (nSPS) is 20.0. The molecule has 24 heavy (non-hydrogen) atoms. The number of esters is 1. The predicted octanol–water partition coefficient (Wildman–Crippen LogP) is 2.20. The number of benzene rings is 1. The minimum atomic E-state index is -0.576. The van der Waals surface area contributed by atoms with Gasteiger partial charge in [-0.2, -0.15) is 0 Å². The summed E-state index contributed by atoms with van der Waals surface area (Å²) in [5.41, 5.74) is 1.11. The highest BCUT2D eigenvalue weighted by molar-refractivity contribution is 8.08. The van der Waals surface area contributed by atoms with Crippen molar-refractivity contribution in [1.82, 2.24) is 4.90 Å². The summed E-state index contributed by atoms with van der Waals surface area (Å²) in [7, 11) is 1.26. The molecule has 0 amide bonds. The summed E-state index contributed by atoms with van der Waals surface area (Å²) >= 11 is 1.24. The number of ketones is 1. The van der Waals surface area contributed by atoms with Crippen LogP contribution in [0.25, 0.3) is 5.57 Å². The molecule has 0 spiro atoms. The monoisotopic (exact) mass is 349 g/mol. The number of hydrogen-bond acceptors (Lipinski definition) is 6. The van der Waals surface area contributed by atoms with Crippen molar-refractivity contribution >= 4 is 29.1 Å². The number of nitrogens with zero attached hydrogens (tertiary/aromatic N) is 1. The summed E-state index contributed by atoms with van der Waals surface area (Å²) in [6, 6.07) is 5.79. The SMILES string of the molecule is COC(=O)C=C1SC(N2CCOCC2)=C(c2ccc(F)cc2)C1=O. The number of Topliss-reactive ketones (excluding diaryl/α,β-unsaturated/α-hetero) is 1. The number of allylic oxidation sites excluding steroid dienone is 2. The molecule has 7 heteroatoms. The maximum Gasteiger partial charge on any atom is 0.331 e. The largest absolute Gasteiger partial charge is 0.466 e. The fourth-order valence-corrected chi connectivity index (χ4v) is 3.73. The maximum absolute atomic E-state index is 13.2. The Balaban J connectivity index is 2.02. The topological polar surface area (TPSA) is 55.8 Å². The van der Waals surface area contributed by atoms with Gasteiger partial charge in [-0.25, -0.2) is 9.18 Å². The van der Waals surface area contributed by atoms with Crippen molar-refractivity contribution in [2.45, 2.75) is 0 Å². The van der Waals surface area contributed by atoms with E-state index < -0.39 is 5.97 Å². The van der Waals surface area contributed by atoms with Crippen LogP contribution >= 0.6 is 11.8 Å². The number of methoxy groups -OCH3 is 1. The van der Waals surface area contributed by atoms with Crippen molar-refractivity contribution in [3.8, 4) is 0 Å². The van der Waals surface area contributed by atoms with Crippen LogP contribution in [0.3, 0.4) is 0 Å². The van der Waals surface area contributed by atoms with Gasteiger partial charge in [-0.3, -0.25) is 4.79 Å². The van der Waals surface area contributed by atoms with E-state index in [0.29, 0.717) is 42.3 Å². The lowest BCUT2D eigenvalue weighted by Crippen LogP contribution is -2.34. The molecule has 0 unspecified atom stereocenters. The Morgan fingerprint density at radius 3 is 2.58 bits per heavy atom. The Bertz CT molecular complexity index is 721. The minimum Gasteiger partial charge on any atom is -0.466 e. The minimum absolute atomic E-state index is 0.251. The average molecular weight is 349 g/mol. The van der Waals surface area contributed by atoms with Gasteiger partial charge in [0.15, 0.2) is 0 Å². The molecule has 1 aromatic rings. The summed E-state index contributed by atoms with van der Waals surface area (Å²) in [6.45, 7) is 2.47. The van der Waals surface area contributed by atoms with E-state index >= 15 is 0 Å². The molecule has 2 heterocycles. The van der Waals surface area contributed by atoms with Crippen molar-refractivity contribution in [3.63, 3.8) is 0 Å². The zero-order chi connectivity index (χ0) is 17.1. The zero-order valence-corrected chi connectivity index (χ0v) is 13.9. The smallest absolute Gasteiger partial charge is 0.331 e. The van der Waals surface area contributed by atoms with Crippen molar-refractivity contribution in [1.29, 1.82) is 0 Å². The number of thioether (sulfide) groups is 1. The van der Waals surface area contributed by atoms with Crippen molar-refractivity contribution in [2.75, 3.05) is 33.4 Å². The van der Waals surface area contributed by atoms with Gasteiger partial charge in [0.05, 0.1) is 35.8 Å². The molecule has 0 aromatic heterocycles. The van der Waals surface area contributed by atoms with Gasteiger partial charge in [0.25, 0.3) is 0 Å². The highest BCUT2D eigenvalue weighted by atomic mass is 32.2.